The Bertz CT molecular complexity index is 585. The summed E-state index contributed by atoms with van der Waals surface area (Å²) in [6.45, 7) is 0.452. The van der Waals surface area contributed by atoms with Gasteiger partial charge in [0.15, 0.2) is 0 Å². The van der Waals surface area contributed by atoms with Crippen LogP contribution in [0.2, 0.25) is 0 Å². The second kappa shape index (κ2) is 6.73. The third-order valence-corrected chi connectivity index (χ3v) is 3.51. The summed E-state index contributed by atoms with van der Waals surface area (Å²) in [5.74, 6) is 0.643. The lowest BCUT2D eigenvalue weighted by Crippen LogP contribution is -1.99. The van der Waals surface area contributed by atoms with Crippen LogP contribution in [0.1, 0.15) is 11.1 Å². The van der Waals surface area contributed by atoms with Crippen molar-refractivity contribution in [3.63, 3.8) is 0 Å². The monoisotopic (exact) mass is 383 g/mol. The largest absolute Gasteiger partial charge is 0.487 e. The van der Waals surface area contributed by atoms with Crippen LogP contribution in [-0.2, 0) is 6.61 Å². The van der Waals surface area contributed by atoms with Crippen LogP contribution in [0.3, 0.4) is 0 Å². The lowest BCUT2D eigenvalue weighted by molar-refractivity contribution is 0.302. The van der Waals surface area contributed by atoms with Crippen LogP contribution in [0.25, 0.3) is 0 Å². The highest BCUT2D eigenvalue weighted by Crippen LogP contribution is 2.32. The van der Waals surface area contributed by atoms with E-state index in [0.29, 0.717) is 17.9 Å². The molecule has 1 N–H and O–H groups in total. The number of oxime groups is 1. The van der Waals surface area contributed by atoms with Crippen LogP contribution in [0.4, 0.5) is 0 Å². The standard InChI is InChI=1S/C14H11Br2NO2/c15-12-6-11(8-17-18)14(13(16)7-12)19-9-10-4-2-1-3-5-10/h1-8,18H,9H2/b17-8-. The zero-order valence-corrected chi connectivity index (χ0v) is 13.1. The molecule has 0 spiro atoms. The van der Waals surface area contributed by atoms with Crippen LogP contribution in [0.5, 0.6) is 5.75 Å². The van der Waals surface area contributed by atoms with Crippen molar-refractivity contribution in [3.05, 3.63) is 62.5 Å². The predicted molar refractivity (Wildman–Crippen MR) is 82.0 cm³/mol. The van der Waals surface area contributed by atoms with Gasteiger partial charge in [0.05, 0.1) is 10.7 Å². The summed E-state index contributed by atoms with van der Waals surface area (Å²) in [6.07, 6.45) is 1.34. The fraction of sp³-hybridized carbons (Fsp3) is 0.0714. The zero-order chi connectivity index (χ0) is 13.7. The van der Waals surface area contributed by atoms with Crippen molar-refractivity contribution < 1.29 is 9.94 Å². The normalized spacial score (nSPS) is 10.8. The first-order valence-corrected chi connectivity index (χ1v) is 7.12. The fourth-order valence-corrected chi connectivity index (χ4v) is 2.99. The summed E-state index contributed by atoms with van der Waals surface area (Å²) in [7, 11) is 0. The maximum atomic E-state index is 8.69. The molecule has 0 radical (unpaired) electrons. The van der Waals surface area contributed by atoms with Gasteiger partial charge in [-0.25, -0.2) is 0 Å². The highest BCUT2D eigenvalue weighted by molar-refractivity contribution is 9.11. The molecule has 2 rings (SSSR count). The van der Waals surface area contributed by atoms with Crippen LogP contribution >= 0.6 is 31.9 Å². The highest BCUT2D eigenvalue weighted by Gasteiger charge is 2.09. The van der Waals surface area contributed by atoms with Gasteiger partial charge in [0.1, 0.15) is 12.4 Å². The quantitative estimate of drug-likeness (QED) is 0.475. The molecule has 0 bridgehead atoms. The molecule has 0 amide bonds. The summed E-state index contributed by atoms with van der Waals surface area (Å²) in [5, 5.41) is 11.8. The Morgan fingerprint density at radius 2 is 1.89 bits per heavy atom. The summed E-state index contributed by atoms with van der Waals surface area (Å²) in [6, 6.07) is 13.6. The minimum Gasteiger partial charge on any atom is -0.487 e. The van der Waals surface area contributed by atoms with Crippen molar-refractivity contribution in [1.82, 2.24) is 0 Å². The Labute approximate surface area is 128 Å². The molecule has 0 saturated carbocycles. The van der Waals surface area contributed by atoms with Crippen molar-refractivity contribution in [1.29, 1.82) is 0 Å². The molecule has 0 aromatic heterocycles. The molecule has 98 valence electrons. The average Bonchev–Trinajstić information content (AvgIpc) is 2.39. The van der Waals surface area contributed by atoms with Gasteiger partial charge in [-0.1, -0.05) is 51.4 Å². The van der Waals surface area contributed by atoms with E-state index in [1.54, 1.807) is 0 Å². The summed E-state index contributed by atoms with van der Waals surface area (Å²) < 4.78 is 7.47. The maximum Gasteiger partial charge on any atom is 0.142 e. The Kier molecular flexibility index (Phi) is 4.99. The number of ether oxygens (including phenoxy) is 1. The Morgan fingerprint density at radius 1 is 1.16 bits per heavy atom. The molecule has 0 aliphatic heterocycles. The number of benzene rings is 2. The molecule has 0 unspecified atom stereocenters. The van der Waals surface area contributed by atoms with E-state index in [1.165, 1.54) is 6.21 Å². The third kappa shape index (κ3) is 3.81. The number of rotatable bonds is 4. The first kappa shape index (κ1) is 14.1. The van der Waals surface area contributed by atoms with Gasteiger partial charge in [0.2, 0.25) is 0 Å². The molecule has 0 aliphatic carbocycles. The van der Waals surface area contributed by atoms with Crippen molar-refractivity contribution in [2.75, 3.05) is 0 Å². The smallest absolute Gasteiger partial charge is 0.142 e. The molecule has 19 heavy (non-hydrogen) atoms. The van der Waals surface area contributed by atoms with Gasteiger partial charge in [-0.3, -0.25) is 0 Å². The molecule has 0 aliphatic rings. The minimum atomic E-state index is 0.452. The summed E-state index contributed by atoms with van der Waals surface area (Å²) >= 11 is 6.83. The fourth-order valence-electron chi connectivity index (χ4n) is 1.62. The van der Waals surface area contributed by atoms with Gasteiger partial charge in [-0.05, 0) is 33.6 Å². The maximum absolute atomic E-state index is 8.69. The van der Waals surface area contributed by atoms with Gasteiger partial charge in [-0.2, -0.15) is 0 Å². The Hall–Kier alpha value is -1.33. The average molecular weight is 385 g/mol. The van der Waals surface area contributed by atoms with Crippen molar-refractivity contribution in [2.24, 2.45) is 5.16 Å². The van der Waals surface area contributed by atoms with E-state index < -0.39 is 0 Å². The molecule has 0 saturated heterocycles. The molecular formula is C14H11Br2NO2. The molecule has 5 heteroatoms. The lowest BCUT2D eigenvalue weighted by atomic mass is 10.2. The lowest BCUT2D eigenvalue weighted by Gasteiger charge is -2.11. The molecule has 0 fully saturated rings. The van der Waals surface area contributed by atoms with E-state index in [4.69, 9.17) is 9.94 Å². The number of hydrogen-bond donors (Lipinski definition) is 1. The Morgan fingerprint density at radius 3 is 2.58 bits per heavy atom. The van der Waals surface area contributed by atoms with Gasteiger partial charge in [0.25, 0.3) is 0 Å². The number of halogens is 2. The zero-order valence-electron chi connectivity index (χ0n) is 9.88. The van der Waals surface area contributed by atoms with E-state index in [2.05, 4.69) is 37.0 Å². The minimum absolute atomic E-state index is 0.452. The van der Waals surface area contributed by atoms with Crippen molar-refractivity contribution in [2.45, 2.75) is 6.61 Å². The first-order chi connectivity index (χ1) is 9.20. The van der Waals surface area contributed by atoms with Gasteiger partial charge in [0, 0.05) is 10.0 Å². The Balaban J connectivity index is 2.24. The summed E-state index contributed by atoms with van der Waals surface area (Å²) in [4.78, 5) is 0. The van der Waals surface area contributed by atoms with E-state index in [9.17, 15) is 0 Å². The highest BCUT2D eigenvalue weighted by atomic mass is 79.9. The van der Waals surface area contributed by atoms with E-state index in [-0.39, 0.29) is 0 Å². The van der Waals surface area contributed by atoms with E-state index in [1.807, 2.05) is 42.5 Å². The van der Waals surface area contributed by atoms with Crippen LogP contribution in [0, 0.1) is 0 Å². The predicted octanol–water partition coefficient (Wildman–Crippen LogP) is 4.60. The molecule has 2 aromatic rings. The molecule has 2 aromatic carbocycles. The van der Waals surface area contributed by atoms with Crippen molar-refractivity contribution in [3.8, 4) is 5.75 Å². The third-order valence-electron chi connectivity index (χ3n) is 2.46. The topological polar surface area (TPSA) is 41.8 Å². The molecule has 0 heterocycles. The van der Waals surface area contributed by atoms with Crippen LogP contribution in [0.15, 0.2) is 56.6 Å². The SMILES string of the molecule is O/N=C\c1cc(Br)cc(Br)c1OCc1ccccc1. The summed E-state index contributed by atoms with van der Waals surface area (Å²) in [5.41, 5.74) is 1.77. The number of nitrogens with zero attached hydrogens (tertiary/aromatic N) is 1. The first-order valence-electron chi connectivity index (χ1n) is 5.54. The van der Waals surface area contributed by atoms with Gasteiger partial charge < -0.3 is 9.94 Å². The number of hydrogen-bond acceptors (Lipinski definition) is 3. The van der Waals surface area contributed by atoms with Crippen LogP contribution in [-0.4, -0.2) is 11.4 Å². The second-order valence-electron chi connectivity index (χ2n) is 3.82. The van der Waals surface area contributed by atoms with E-state index >= 15 is 0 Å². The van der Waals surface area contributed by atoms with Crippen molar-refractivity contribution >= 4 is 38.1 Å². The molecule has 0 atom stereocenters. The van der Waals surface area contributed by atoms with E-state index in [0.717, 1.165) is 14.5 Å². The second-order valence-corrected chi connectivity index (χ2v) is 5.59. The van der Waals surface area contributed by atoms with Crippen LogP contribution < -0.4 is 4.74 Å². The molecule has 3 nitrogen and oxygen atoms in total. The van der Waals surface area contributed by atoms with Gasteiger partial charge in [-0.15, -0.1) is 0 Å². The molecular weight excluding hydrogens is 374 g/mol. The van der Waals surface area contributed by atoms with Gasteiger partial charge >= 0.3 is 0 Å².